The molecule has 0 atom stereocenters. The van der Waals surface area contributed by atoms with Gasteiger partial charge in [0.15, 0.2) is 0 Å². The van der Waals surface area contributed by atoms with Crippen molar-refractivity contribution in [2.45, 2.75) is 0 Å². The molecule has 0 saturated heterocycles. The van der Waals surface area contributed by atoms with E-state index in [0.29, 0.717) is 21.8 Å². The highest BCUT2D eigenvalue weighted by atomic mass is 35.5. The number of hydrogen-bond acceptors (Lipinski definition) is 4. The summed E-state index contributed by atoms with van der Waals surface area (Å²) in [6.45, 7) is 0. The summed E-state index contributed by atoms with van der Waals surface area (Å²) in [5.74, 6) is 0.855. The SMILES string of the molecule is Clc1ccc(-c2cc(-c3nc(-c4ccccc4Cl)no3)c3ccccc3n2)cc1. The molecular formula is C23H13Cl2N3O. The lowest BCUT2D eigenvalue weighted by Gasteiger charge is -2.07. The van der Waals surface area contributed by atoms with Crippen LogP contribution in [-0.2, 0) is 0 Å². The second-order valence-electron chi connectivity index (χ2n) is 6.48. The van der Waals surface area contributed by atoms with Crippen molar-refractivity contribution >= 4 is 34.1 Å². The summed E-state index contributed by atoms with van der Waals surface area (Å²) in [5.41, 5.74) is 4.12. The van der Waals surface area contributed by atoms with E-state index in [9.17, 15) is 0 Å². The molecule has 2 aromatic heterocycles. The molecule has 2 heterocycles. The van der Waals surface area contributed by atoms with Crippen LogP contribution in [0.5, 0.6) is 0 Å². The lowest BCUT2D eigenvalue weighted by atomic mass is 10.0. The van der Waals surface area contributed by atoms with Crippen LogP contribution in [0.2, 0.25) is 10.0 Å². The van der Waals surface area contributed by atoms with Gasteiger partial charge in [-0.15, -0.1) is 0 Å². The van der Waals surface area contributed by atoms with Crippen LogP contribution in [0.1, 0.15) is 0 Å². The van der Waals surface area contributed by atoms with Crippen molar-refractivity contribution < 1.29 is 4.52 Å². The van der Waals surface area contributed by atoms with Crippen molar-refractivity contribution in [2.24, 2.45) is 0 Å². The molecule has 0 aliphatic rings. The predicted octanol–water partition coefficient (Wildman–Crippen LogP) is 6.93. The van der Waals surface area contributed by atoms with Crippen LogP contribution < -0.4 is 0 Å². The van der Waals surface area contributed by atoms with Crippen molar-refractivity contribution in [1.82, 2.24) is 15.1 Å². The number of pyridine rings is 1. The molecule has 0 saturated carbocycles. The minimum Gasteiger partial charge on any atom is -0.334 e. The average molecular weight is 418 g/mol. The van der Waals surface area contributed by atoms with Crippen LogP contribution in [0.25, 0.3) is 45.0 Å². The van der Waals surface area contributed by atoms with Crippen molar-refractivity contribution in [3.8, 4) is 34.1 Å². The highest BCUT2D eigenvalue weighted by Gasteiger charge is 2.17. The summed E-state index contributed by atoms with van der Waals surface area (Å²) in [6.07, 6.45) is 0. The van der Waals surface area contributed by atoms with Gasteiger partial charge < -0.3 is 4.52 Å². The van der Waals surface area contributed by atoms with Crippen LogP contribution in [0.15, 0.2) is 83.4 Å². The number of halogens is 2. The van der Waals surface area contributed by atoms with Gasteiger partial charge in [-0.3, -0.25) is 0 Å². The third-order valence-corrected chi connectivity index (χ3v) is 5.21. The van der Waals surface area contributed by atoms with Gasteiger partial charge in [0.2, 0.25) is 5.82 Å². The minimum absolute atomic E-state index is 0.411. The topological polar surface area (TPSA) is 51.8 Å². The molecule has 0 bridgehead atoms. The molecule has 0 aliphatic heterocycles. The second kappa shape index (κ2) is 7.32. The number of aromatic nitrogens is 3. The third kappa shape index (κ3) is 3.37. The van der Waals surface area contributed by atoms with E-state index in [1.165, 1.54) is 0 Å². The maximum absolute atomic E-state index is 6.28. The lowest BCUT2D eigenvalue weighted by molar-refractivity contribution is 0.432. The van der Waals surface area contributed by atoms with E-state index in [2.05, 4.69) is 10.1 Å². The van der Waals surface area contributed by atoms with Gasteiger partial charge in [0, 0.05) is 21.5 Å². The fourth-order valence-electron chi connectivity index (χ4n) is 3.21. The Morgan fingerprint density at radius 1 is 0.724 bits per heavy atom. The van der Waals surface area contributed by atoms with Crippen LogP contribution in [0.4, 0.5) is 0 Å². The maximum atomic E-state index is 6.28. The Bertz CT molecular complexity index is 1330. The van der Waals surface area contributed by atoms with E-state index in [1.807, 2.05) is 72.8 Å². The summed E-state index contributed by atoms with van der Waals surface area (Å²) in [6, 6.07) is 24.8. The molecule has 0 fully saturated rings. The summed E-state index contributed by atoms with van der Waals surface area (Å²) >= 11 is 12.3. The molecule has 29 heavy (non-hydrogen) atoms. The van der Waals surface area contributed by atoms with E-state index in [1.54, 1.807) is 6.07 Å². The van der Waals surface area contributed by atoms with Crippen molar-refractivity contribution in [2.75, 3.05) is 0 Å². The van der Waals surface area contributed by atoms with Crippen molar-refractivity contribution in [3.05, 3.63) is 88.9 Å². The standard InChI is InChI=1S/C23H13Cl2N3O/c24-15-11-9-14(10-12-15)21-13-18(16-5-2-4-8-20(16)26-21)23-27-22(28-29-23)17-6-1-3-7-19(17)25/h1-13H. The zero-order chi connectivity index (χ0) is 19.8. The monoisotopic (exact) mass is 417 g/mol. The minimum atomic E-state index is 0.411. The van der Waals surface area contributed by atoms with Crippen molar-refractivity contribution in [1.29, 1.82) is 0 Å². The normalized spacial score (nSPS) is 11.1. The van der Waals surface area contributed by atoms with Gasteiger partial charge in [-0.25, -0.2) is 4.98 Å². The third-order valence-electron chi connectivity index (χ3n) is 4.63. The Labute approximate surface area is 176 Å². The van der Waals surface area contributed by atoms with Gasteiger partial charge >= 0.3 is 0 Å². The van der Waals surface area contributed by atoms with E-state index >= 15 is 0 Å². The molecule has 0 unspecified atom stereocenters. The molecule has 0 spiro atoms. The van der Waals surface area contributed by atoms with Gasteiger partial charge in [-0.05, 0) is 36.4 Å². The Morgan fingerprint density at radius 2 is 1.48 bits per heavy atom. The largest absolute Gasteiger partial charge is 0.334 e. The maximum Gasteiger partial charge on any atom is 0.259 e. The molecule has 3 aromatic carbocycles. The molecule has 5 rings (SSSR count). The molecule has 4 nitrogen and oxygen atoms in total. The van der Waals surface area contributed by atoms with E-state index in [-0.39, 0.29) is 0 Å². The quantitative estimate of drug-likeness (QED) is 0.319. The Morgan fingerprint density at radius 3 is 2.31 bits per heavy atom. The zero-order valence-corrected chi connectivity index (χ0v) is 16.5. The Balaban J connectivity index is 1.68. The number of hydrogen-bond donors (Lipinski definition) is 0. The van der Waals surface area contributed by atoms with Crippen molar-refractivity contribution in [3.63, 3.8) is 0 Å². The predicted molar refractivity (Wildman–Crippen MR) is 116 cm³/mol. The van der Waals surface area contributed by atoms with Gasteiger partial charge in [0.1, 0.15) is 0 Å². The molecule has 140 valence electrons. The highest BCUT2D eigenvalue weighted by molar-refractivity contribution is 6.33. The molecular weight excluding hydrogens is 405 g/mol. The fourth-order valence-corrected chi connectivity index (χ4v) is 3.55. The number of fused-ring (bicyclic) bond motifs is 1. The molecule has 5 aromatic rings. The van der Waals surface area contributed by atoms with Crippen LogP contribution >= 0.6 is 23.2 Å². The van der Waals surface area contributed by atoms with Gasteiger partial charge in [0.05, 0.1) is 21.8 Å². The second-order valence-corrected chi connectivity index (χ2v) is 7.33. The van der Waals surface area contributed by atoms with E-state index in [0.717, 1.165) is 33.3 Å². The van der Waals surface area contributed by atoms with Crippen LogP contribution in [-0.4, -0.2) is 15.1 Å². The zero-order valence-electron chi connectivity index (χ0n) is 15.0. The molecule has 0 amide bonds. The molecule has 0 radical (unpaired) electrons. The first-order chi connectivity index (χ1) is 14.2. The number of benzene rings is 3. The van der Waals surface area contributed by atoms with Gasteiger partial charge in [-0.1, -0.05) is 70.8 Å². The summed E-state index contributed by atoms with van der Waals surface area (Å²) in [4.78, 5) is 9.39. The smallest absolute Gasteiger partial charge is 0.259 e. The number of rotatable bonds is 3. The highest BCUT2D eigenvalue weighted by Crippen LogP contribution is 2.33. The van der Waals surface area contributed by atoms with E-state index < -0.39 is 0 Å². The first-order valence-corrected chi connectivity index (χ1v) is 9.69. The number of para-hydroxylation sites is 1. The Hall–Kier alpha value is -3.21. The lowest BCUT2D eigenvalue weighted by Crippen LogP contribution is -1.90. The van der Waals surface area contributed by atoms with Crippen LogP contribution in [0.3, 0.4) is 0 Å². The fraction of sp³-hybridized carbons (Fsp3) is 0. The summed E-state index contributed by atoms with van der Waals surface area (Å²) in [7, 11) is 0. The van der Waals surface area contributed by atoms with E-state index in [4.69, 9.17) is 32.7 Å². The summed E-state index contributed by atoms with van der Waals surface area (Å²) < 4.78 is 5.61. The van der Waals surface area contributed by atoms with Gasteiger partial charge in [0.25, 0.3) is 5.89 Å². The summed E-state index contributed by atoms with van der Waals surface area (Å²) in [5, 5.41) is 6.31. The molecule has 0 aliphatic carbocycles. The Kier molecular flexibility index (Phi) is 4.51. The number of nitrogens with zero attached hydrogens (tertiary/aromatic N) is 3. The molecule has 6 heteroatoms. The first-order valence-electron chi connectivity index (χ1n) is 8.94. The molecule has 0 N–H and O–H groups in total. The van der Waals surface area contributed by atoms with Crippen LogP contribution in [0, 0.1) is 0 Å². The first kappa shape index (κ1) is 17.9. The van der Waals surface area contributed by atoms with Gasteiger partial charge in [-0.2, -0.15) is 4.98 Å². The average Bonchev–Trinajstić information content (AvgIpc) is 3.23.